The van der Waals surface area contributed by atoms with Gasteiger partial charge in [-0.1, -0.05) is 6.42 Å². The summed E-state index contributed by atoms with van der Waals surface area (Å²) in [6, 6.07) is 0.433. The van der Waals surface area contributed by atoms with Crippen LogP contribution in [-0.2, 0) is 9.53 Å². The highest BCUT2D eigenvalue weighted by molar-refractivity contribution is 5.85. The number of carbonyl (C=O) groups is 1. The van der Waals surface area contributed by atoms with Crippen LogP contribution in [0.3, 0.4) is 0 Å². The van der Waals surface area contributed by atoms with E-state index in [1.807, 2.05) is 0 Å². The van der Waals surface area contributed by atoms with Gasteiger partial charge in [-0.2, -0.15) is 0 Å². The van der Waals surface area contributed by atoms with Crippen LogP contribution in [0.25, 0.3) is 0 Å². The van der Waals surface area contributed by atoms with E-state index in [1.165, 1.54) is 0 Å². The fourth-order valence-electron chi connectivity index (χ4n) is 1.47. The molecule has 1 fully saturated rings. The summed E-state index contributed by atoms with van der Waals surface area (Å²) in [7, 11) is 0. The van der Waals surface area contributed by atoms with Crippen LogP contribution < -0.4 is 5.32 Å². The number of unbranched alkanes of at least 4 members (excludes halogenated alkanes) is 1. The molecule has 1 saturated heterocycles. The zero-order valence-corrected chi connectivity index (χ0v) is 9.02. The van der Waals surface area contributed by atoms with Gasteiger partial charge in [0.2, 0.25) is 0 Å². The number of rotatable bonds is 5. The van der Waals surface area contributed by atoms with Gasteiger partial charge in [0.05, 0.1) is 13.2 Å². The topological polar surface area (TPSA) is 58.6 Å². The Kier molecular flexibility index (Phi) is 7.84. The predicted octanol–water partition coefficient (Wildman–Crippen LogP) is 1.04. The lowest BCUT2D eigenvalue weighted by Crippen LogP contribution is -2.41. The summed E-state index contributed by atoms with van der Waals surface area (Å²) in [5.41, 5.74) is 0. The maximum Gasteiger partial charge on any atom is 0.303 e. The minimum absolute atomic E-state index is 0. The van der Waals surface area contributed by atoms with E-state index in [0.29, 0.717) is 6.04 Å². The molecule has 0 radical (unpaired) electrons. The zero-order valence-electron chi connectivity index (χ0n) is 8.20. The van der Waals surface area contributed by atoms with Gasteiger partial charge in [-0.3, -0.25) is 4.79 Å². The molecular weight excluding hydrogens is 206 g/mol. The molecule has 2 N–H and O–H groups in total. The SMILES string of the molecule is Cl.O=C(O)CCCCC1COCCN1. The van der Waals surface area contributed by atoms with Gasteiger partial charge in [0.1, 0.15) is 0 Å². The molecule has 5 heteroatoms. The van der Waals surface area contributed by atoms with E-state index in [-0.39, 0.29) is 18.8 Å². The highest BCUT2D eigenvalue weighted by Crippen LogP contribution is 2.06. The van der Waals surface area contributed by atoms with Crippen molar-refractivity contribution in [3.05, 3.63) is 0 Å². The first-order valence-corrected chi connectivity index (χ1v) is 4.82. The molecule has 0 aromatic rings. The fraction of sp³-hybridized carbons (Fsp3) is 0.889. The lowest BCUT2D eigenvalue weighted by atomic mass is 10.1. The number of morpholine rings is 1. The lowest BCUT2D eigenvalue weighted by Gasteiger charge is -2.23. The fourth-order valence-corrected chi connectivity index (χ4v) is 1.47. The van der Waals surface area contributed by atoms with E-state index in [4.69, 9.17) is 9.84 Å². The van der Waals surface area contributed by atoms with Crippen LogP contribution >= 0.6 is 12.4 Å². The molecule has 84 valence electrons. The van der Waals surface area contributed by atoms with Crippen LogP contribution in [0.15, 0.2) is 0 Å². The van der Waals surface area contributed by atoms with E-state index in [0.717, 1.165) is 39.0 Å². The Balaban J connectivity index is 0.00000169. The van der Waals surface area contributed by atoms with E-state index in [2.05, 4.69) is 5.32 Å². The van der Waals surface area contributed by atoms with E-state index in [9.17, 15) is 4.79 Å². The molecule has 0 spiro atoms. The van der Waals surface area contributed by atoms with Crippen molar-refractivity contribution >= 4 is 18.4 Å². The Labute approximate surface area is 90.4 Å². The molecule has 4 nitrogen and oxygen atoms in total. The average molecular weight is 224 g/mol. The summed E-state index contributed by atoms with van der Waals surface area (Å²) >= 11 is 0. The van der Waals surface area contributed by atoms with Crippen molar-refractivity contribution < 1.29 is 14.6 Å². The van der Waals surface area contributed by atoms with Crippen LogP contribution in [0.4, 0.5) is 0 Å². The van der Waals surface area contributed by atoms with Gasteiger partial charge >= 0.3 is 5.97 Å². The number of halogens is 1. The third-order valence-corrected chi connectivity index (χ3v) is 2.19. The predicted molar refractivity (Wildman–Crippen MR) is 56.0 cm³/mol. The molecular formula is C9H18ClNO3. The minimum Gasteiger partial charge on any atom is -0.481 e. The normalized spacial score (nSPS) is 21.3. The average Bonchev–Trinajstić information content (AvgIpc) is 2.14. The van der Waals surface area contributed by atoms with Crippen molar-refractivity contribution in [2.24, 2.45) is 0 Å². The first-order valence-electron chi connectivity index (χ1n) is 4.82. The highest BCUT2D eigenvalue weighted by atomic mass is 35.5. The van der Waals surface area contributed by atoms with Crippen LogP contribution in [-0.4, -0.2) is 36.9 Å². The van der Waals surface area contributed by atoms with Gasteiger partial charge in [0.25, 0.3) is 0 Å². The Morgan fingerprint density at radius 3 is 2.86 bits per heavy atom. The van der Waals surface area contributed by atoms with Crippen molar-refractivity contribution in [3.8, 4) is 0 Å². The van der Waals surface area contributed by atoms with Gasteiger partial charge in [-0.05, 0) is 12.8 Å². The summed E-state index contributed by atoms with van der Waals surface area (Å²) in [4.78, 5) is 10.2. The molecule has 1 atom stereocenters. The molecule has 0 bridgehead atoms. The van der Waals surface area contributed by atoms with E-state index >= 15 is 0 Å². The van der Waals surface area contributed by atoms with Gasteiger partial charge in [0, 0.05) is 19.0 Å². The smallest absolute Gasteiger partial charge is 0.303 e. The zero-order chi connectivity index (χ0) is 9.52. The summed E-state index contributed by atoms with van der Waals surface area (Å²) in [6.45, 7) is 2.49. The Morgan fingerprint density at radius 1 is 1.50 bits per heavy atom. The summed E-state index contributed by atoms with van der Waals surface area (Å²) in [6.07, 6.45) is 3.04. The maximum absolute atomic E-state index is 10.2. The number of aliphatic carboxylic acids is 1. The number of carboxylic acid groups (broad SMARTS) is 1. The molecule has 1 unspecified atom stereocenters. The van der Waals surface area contributed by atoms with E-state index in [1.54, 1.807) is 0 Å². The largest absolute Gasteiger partial charge is 0.481 e. The van der Waals surface area contributed by atoms with Crippen molar-refractivity contribution in [1.82, 2.24) is 5.32 Å². The maximum atomic E-state index is 10.2. The molecule has 14 heavy (non-hydrogen) atoms. The van der Waals surface area contributed by atoms with Gasteiger partial charge in [-0.15, -0.1) is 12.4 Å². The van der Waals surface area contributed by atoms with Gasteiger partial charge in [-0.25, -0.2) is 0 Å². The second-order valence-electron chi connectivity index (χ2n) is 3.37. The minimum atomic E-state index is -0.701. The van der Waals surface area contributed by atoms with Crippen LogP contribution in [0.5, 0.6) is 0 Å². The number of nitrogens with one attached hydrogen (secondary N) is 1. The summed E-state index contributed by atoms with van der Waals surface area (Å²) in [5.74, 6) is -0.701. The summed E-state index contributed by atoms with van der Waals surface area (Å²) in [5, 5.41) is 11.7. The standard InChI is InChI=1S/C9H17NO3.ClH/c11-9(12)4-2-1-3-8-7-13-6-5-10-8;/h8,10H,1-7H2,(H,11,12);1H. The molecule has 0 amide bonds. The van der Waals surface area contributed by atoms with Crippen molar-refractivity contribution in [3.63, 3.8) is 0 Å². The first kappa shape index (κ1) is 13.7. The Hall–Kier alpha value is -0.320. The lowest BCUT2D eigenvalue weighted by molar-refractivity contribution is -0.137. The van der Waals surface area contributed by atoms with Crippen molar-refractivity contribution in [2.45, 2.75) is 31.7 Å². The quantitative estimate of drug-likeness (QED) is 0.684. The molecule has 0 aromatic carbocycles. The molecule has 1 heterocycles. The molecule has 1 rings (SSSR count). The summed E-state index contributed by atoms with van der Waals surface area (Å²) < 4.78 is 5.28. The molecule has 0 aliphatic carbocycles. The highest BCUT2D eigenvalue weighted by Gasteiger charge is 2.11. The monoisotopic (exact) mass is 223 g/mol. The number of hydrogen-bond acceptors (Lipinski definition) is 3. The van der Waals surface area contributed by atoms with E-state index < -0.39 is 5.97 Å². The van der Waals surface area contributed by atoms with Crippen LogP contribution in [0.2, 0.25) is 0 Å². The molecule has 1 aliphatic heterocycles. The van der Waals surface area contributed by atoms with Crippen molar-refractivity contribution in [1.29, 1.82) is 0 Å². The van der Waals surface area contributed by atoms with Crippen LogP contribution in [0.1, 0.15) is 25.7 Å². The molecule has 0 saturated carbocycles. The Bertz CT molecular complexity index is 160. The Morgan fingerprint density at radius 2 is 2.29 bits per heavy atom. The first-order chi connectivity index (χ1) is 6.29. The third kappa shape index (κ3) is 6.18. The second kappa shape index (κ2) is 8.03. The van der Waals surface area contributed by atoms with Gasteiger partial charge < -0.3 is 15.2 Å². The number of ether oxygens (including phenoxy) is 1. The third-order valence-electron chi connectivity index (χ3n) is 2.19. The van der Waals surface area contributed by atoms with Gasteiger partial charge in [0.15, 0.2) is 0 Å². The van der Waals surface area contributed by atoms with Crippen LogP contribution in [0, 0.1) is 0 Å². The second-order valence-corrected chi connectivity index (χ2v) is 3.37. The molecule has 0 aromatic heterocycles. The number of hydrogen-bond donors (Lipinski definition) is 2. The number of carboxylic acids is 1. The molecule has 1 aliphatic rings. The van der Waals surface area contributed by atoms with Crippen molar-refractivity contribution in [2.75, 3.05) is 19.8 Å².